The van der Waals surface area contributed by atoms with Gasteiger partial charge in [0.2, 0.25) is 5.91 Å². The van der Waals surface area contributed by atoms with Crippen LogP contribution in [-0.4, -0.2) is 59.8 Å². The van der Waals surface area contributed by atoms with E-state index in [2.05, 4.69) is 39.8 Å². The maximum atomic E-state index is 13.6. The first-order valence-corrected chi connectivity index (χ1v) is 14.1. The molecule has 3 aromatic carbocycles. The topological polar surface area (TPSA) is 108 Å². The van der Waals surface area contributed by atoms with Gasteiger partial charge in [-0.05, 0) is 54.5 Å². The molecule has 1 unspecified atom stereocenters. The number of carboxylic acid groups (broad SMARTS) is 1. The van der Waals surface area contributed by atoms with Crippen molar-refractivity contribution in [2.75, 3.05) is 26.2 Å². The minimum atomic E-state index is -1.19. The van der Waals surface area contributed by atoms with Gasteiger partial charge in [0, 0.05) is 32.1 Å². The molecular weight excluding hydrogens is 518 g/mol. The van der Waals surface area contributed by atoms with Crippen LogP contribution in [0.3, 0.4) is 0 Å². The number of ether oxygens (including phenoxy) is 1. The Morgan fingerprint density at radius 1 is 0.951 bits per heavy atom. The summed E-state index contributed by atoms with van der Waals surface area (Å²) in [5.74, 6) is -1.34. The van der Waals surface area contributed by atoms with Crippen LogP contribution in [0.5, 0.6) is 0 Å². The lowest BCUT2D eigenvalue weighted by atomic mass is 9.89. The van der Waals surface area contributed by atoms with E-state index in [0.717, 1.165) is 27.8 Å². The Bertz CT molecular complexity index is 1380. The maximum Gasteiger partial charge on any atom is 0.408 e. The second-order valence-corrected chi connectivity index (χ2v) is 11.7. The van der Waals surface area contributed by atoms with Crippen molar-refractivity contribution in [3.8, 4) is 11.1 Å². The van der Waals surface area contributed by atoms with Crippen molar-refractivity contribution in [2.24, 2.45) is 5.41 Å². The number of benzene rings is 3. The Hall–Kier alpha value is -4.17. The number of carboxylic acids is 1. The van der Waals surface area contributed by atoms with E-state index >= 15 is 0 Å². The standard InChI is InChI=1S/C33H37N3O5/c1-32(2,30(38)39)16-18-34-29(37)33(17-19-36(22-33)20-23-10-4-3-5-11-23)35-31(40)41-21-28-26-14-8-6-12-24(26)25-13-7-9-15-27(25)28/h3-15,28H,16-22H2,1-2H3,(H,34,37)(H,35,40)(H,38,39). The third kappa shape index (κ3) is 6.12. The van der Waals surface area contributed by atoms with Gasteiger partial charge in [-0.2, -0.15) is 0 Å². The van der Waals surface area contributed by atoms with Gasteiger partial charge in [0.05, 0.1) is 5.41 Å². The highest BCUT2D eigenvalue weighted by Gasteiger charge is 2.46. The largest absolute Gasteiger partial charge is 0.481 e. The predicted octanol–water partition coefficient (Wildman–Crippen LogP) is 4.79. The number of aliphatic carboxylic acids is 1. The average molecular weight is 556 g/mol. The smallest absolute Gasteiger partial charge is 0.408 e. The molecule has 5 rings (SSSR count). The van der Waals surface area contributed by atoms with Crippen LogP contribution in [0.1, 0.15) is 49.3 Å². The van der Waals surface area contributed by atoms with E-state index in [-0.39, 0.29) is 31.4 Å². The fraction of sp³-hybridized carbons (Fsp3) is 0.364. The van der Waals surface area contributed by atoms with Crippen LogP contribution in [0.2, 0.25) is 0 Å². The van der Waals surface area contributed by atoms with Gasteiger partial charge in [0.15, 0.2) is 0 Å². The number of fused-ring (bicyclic) bond motifs is 3. The number of nitrogens with zero attached hydrogens (tertiary/aromatic N) is 1. The van der Waals surface area contributed by atoms with Gasteiger partial charge in [0.25, 0.3) is 0 Å². The minimum absolute atomic E-state index is 0.0886. The molecule has 41 heavy (non-hydrogen) atoms. The number of nitrogens with one attached hydrogen (secondary N) is 2. The van der Waals surface area contributed by atoms with E-state index in [1.165, 1.54) is 0 Å². The fourth-order valence-electron chi connectivity index (χ4n) is 5.80. The van der Waals surface area contributed by atoms with E-state index in [9.17, 15) is 19.5 Å². The third-order valence-corrected chi connectivity index (χ3v) is 8.33. The van der Waals surface area contributed by atoms with Crippen LogP contribution in [0, 0.1) is 5.41 Å². The summed E-state index contributed by atoms with van der Waals surface area (Å²) >= 11 is 0. The summed E-state index contributed by atoms with van der Waals surface area (Å²) in [6.07, 6.45) is 0.0375. The first-order valence-electron chi connectivity index (χ1n) is 14.1. The molecule has 214 valence electrons. The van der Waals surface area contributed by atoms with Crippen molar-refractivity contribution in [1.82, 2.24) is 15.5 Å². The lowest BCUT2D eigenvalue weighted by molar-refractivity contribution is -0.147. The zero-order chi connectivity index (χ0) is 29.0. The lowest BCUT2D eigenvalue weighted by Crippen LogP contribution is -2.60. The number of alkyl carbamates (subject to hydrolysis) is 1. The molecule has 2 amide bonds. The second-order valence-electron chi connectivity index (χ2n) is 11.7. The molecule has 3 aromatic rings. The maximum absolute atomic E-state index is 13.6. The zero-order valence-corrected chi connectivity index (χ0v) is 23.6. The van der Waals surface area contributed by atoms with Crippen molar-refractivity contribution in [3.05, 3.63) is 95.6 Å². The van der Waals surface area contributed by atoms with Crippen molar-refractivity contribution < 1.29 is 24.2 Å². The van der Waals surface area contributed by atoms with Gasteiger partial charge >= 0.3 is 12.1 Å². The molecule has 1 aliphatic heterocycles. The number of carbonyl (C=O) groups excluding carboxylic acids is 2. The molecule has 1 heterocycles. The number of rotatable bonds is 10. The Balaban J connectivity index is 1.28. The lowest BCUT2D eigenvalue weighted by Gasteiger charge is -2.30. The number of carbonyl (C=O) groups is 3. The molecule has 0 aromatic heterocycles. The predicted molar refractivity (Wildman–Crippen MR) is 156 cm³/mol. The van der Waals surface area contributed by atoms with Crippen molar-refractivity contribution >= 4 is 18.0 Å². The van der Waals surface area contributed by atoms with Gasteiger partial charge in [-0.25, -0.2) is 4.79 Å². The number of hydrogen-bond donors (Lipinski definition) is 3. The summed E-state index contributed by atoms with van der Waals surface area (Å²) in [5, 5.41) is 15.3. The van der Waals surface area contributed by atoms with Crippen LogP contribution >= 0.6 is 0 Å². The molecular formula is C33H37N3O5. The fourth-order valence-corrected chi connectivity index (χ4v) is 5.80. The summed E-state index contributed by atoms with van der Waals surface area (Å²) in [4.78, 5) is 40.5. The summed E-state index contributed by atoms with van der Waals surface area (Å²) < 4.78 is 5.79. The summed E-state index contributed by atoms with van der Waals surface area (Å²) in [7, 11) is 0. The van der Waals surface area contributed by atoms with Crippen LogP contribution in [-0.2, 0) is 20.9 Å². The van der Waals surface area contributed by atoms with Gasteiger partial charge in [-0.15, -0.1) is 0 Å². The molecule has 2 aliphatic rings. The molecule has 1 atom stereocenters. The van der Waals surface area contributed by atoms with E-state index in [1.54, 1.807) is 13.8 Å². The van der Waals surface area contributed by atoms with Crippen LogP contribution < -0.4 is 10.6 Å². The molecule has 0 radical (unpaired) electrons. The Labute approximate surface area is 240 Å². The van der Waals surface area contributed by atoms with Crippen LogP contribution in [0.4, 0.5) is 4.79 Å². The van der Waals surface area contributed by atoms with Crippen molar-refractivity contribution in [2.45, 2.75) is 44.7 Å². The minimum Gasteiger partial charge on any atom is -0.481 e. The Morgan fingerprint density at radius 3 is 2.20 bits per heavy atom. The van der Waals surface area contributed by atoms with E-state index in [0.29, 0.717) is 26.1 Å². The van der Waals surface area contributed by atoms with Gasteiger partial charge < -0.3 is 20.5 Å². The highest BCUT2D eigenvalue weighted by molar-refractivity contribution is 5.91. The van der Waals surface area contributed by atoms with Gasteiger partial charge in [-0.3, -0.25) is 14.5 Å². The quantitative estimate of drug-likeness (QED) is 0.332. The van der Waals surface area contributed by atoms with Gasteiger partial charge in [0.1, 0.15) is 12.1 Å². The van der Waals surface area contributed by atoms with E-state index in [1.807, 2.05) is 54.6 Å². The van der Waals surface area contributed by atoms with Gasteiger partial charge in [-0.1, -0.05) is 78.9 Å². The number of hydrogen-bond acceptors (Lipinski definition) is 5. The SMILES string of the molecule is CC(C)(CCNC(=O)C1(NC(=O)OCC2c3ccccc3-c3ccccc32)CCN(Cc2ccccc2)C1)C(=O)O. The summed E-state index contributed by atoms with van der Waals surface area (Å²) in [6.45, 7) is 5.18. The molecule has 0 saturated carbocycles. The van der Waals surface area contributed by atoms with Crippen molar-refractivity contribution in [1.29, 1.82) is 0 Å². The first kappa shape index (κ1) is 28.4. The molecule has 0 bridgehead atoms. The average Bonchev–Trinajstić information content (AvgIpc) is 3.51. The Morgan fingerprint density at radius 2 is 1.56 bits per heavy atom. The highest BCUT2D eigenvalue weighted by Crippen LogP contribution is 2.44. The second kappa shape index (κ2) is 11.7. The molecule has 8 nitrogen and oxygen atoms in total. The molecule has 0 spiro atoms. The molecule has 8 heteroatoms. The van der Waals surface area contributed by atoms with Crippen LogP contribution in [0.15, 0.2) is 78.9 Å². The number of amides is 2. The van der Waals surface area contributed by atoms with E-state index in [4.69, 9.17) is 4.74 Å². The first-order chi connectivity index (χ1) is 19.7. The zero-order valence-electron chi connectivity index (χ0n) is 23.6. The summed E-state index contributed by atoms with van der Waals surface area (Å²) in [6, 6.07) is 26.3. The molecule has 1 fully saturated rings. The highest BCUT2D eigenvalue weighted by atomic mass is 16.5. The molecule has 1 saturated heterocycles. The number of likely N-dealkylation sites (tertiary alicyclic amines) is 1. The third-order valence-electron chi connectivity index (χ3n) is 8.33. The molecule has 1 aliphatic carbocycles. The van der Waals surface area contributed by atoms with E-state index < -0.39 is 23.0 Å². The monoisotopic (exact) mass is 555 g/mol. The normalized spacial score (nSPS) is 18.4. The molecule has 3 N–H and O–H groups in total. The van der Waals surface area contributed by atoms with Crippen LogP contribution in [0.25, 0.3) is 11.1 Å². The Kier molecular flexibility index (Phi) is 8.13. The van der Waals surface area contributed by atoms with Crippen molar-refractivity contribution in [3.63, 3.8) is 0 Å². The summed E-state index contributed by atoms with van der Waals surface area (Å²) in [5.41, 5.74) is 3.47.